The summed E-state index contributed by atoms with van der Waals surface area (Å²) in [7, 11) is 0. The second-order valence-electron chi connectivity index (χ2n) is 4.93. The number of hydrogen-bond donors (Lipinski definition) is 2. The Morgan fingerprint density at radius 2 is 2.28 bits per heavy atom. The van der Waals surface area contributed by atoms with Crippen molar-refractivity contribution in [1.29, 1.82) is 0 Å². The lowest BCUT2D eigenvalue weighted by Crippen LogP contribution is -2.42. The number of nitrogens with one attached hydrogen (secondary N) is 2. The average molecular weight is 255 g/mol. The van der Waals surface area contributed by atoms with Crippen molar-refractivity contribution in [2.75, 3.05) is 32.8 Å². The normalized spacial score (nSPS) is 27.6. The summed E-state index contributed by atoms with van der Waals surface area (Å²) in [5, 5.41) is 5.71. The van der Waals surface area contributed by atoms with Crippen molar-refractivity contribution in [2.24, 2.45) is 5.92 Å². The largest absolute Gasteiger partial charge is 0.450 e. The zero-order valence-electron chi connectivity index (χ0n) is 10.8. The molecule has 0 aromatic carbocycles. The molecule has 0 bridgehead atoms. The molecule has 0 radical (unpaired) electrons. The Kier molecular flexibility index (Phi) is 4.54. The van der Waals surface area contributed by atoms with Gasteiger partial charge >= 0.3 is 6.09 Å². The van der Waals surface area contributed by atoms with Crippen molar-refractivity contribution in [2.45, 2.75) is 25.8 Å². The van der Waals surface area contributed by atoms with Crippen LogP contribution in [-0.4, -0.2) is 55.7 Å². The topological polar surface area (TPSA) is 70.7 Å². The number of carbonyl (C=O) groups is 2. The molecule has 6 heteroatoms. The molecular formula is C12H21N3O3. The minimum absolute atomic E-state index is 0.271. The molecule has 2 atom stereocenters. The number of amides is 2. The molecule has 0 spiro atoms. The van der Waals surface area contributed by atoms with Crippen LogP contribution in [0, 0.1) is 5.92 Å². The molecule has 0 aromatic rings. The number of nitrogens with zero attached hydrogens (tertiary/aromatic N) is 1. The fourth-order valence-corrected chi connectivity index (χ4v) is 2.79. The van der Waals surface area contributed by atoms with Gasteiger partial charge < -0.3 is 10.1 Å². The van der Waals surface area contributed by atoms with Gasteiger partial charge in [-0.25, -0.2) is 4.79 Å². The molecule has 2 saturated heterocycles. The van der Waals surface area contributed by atoms with Gasteiger partial charge in [-0.05, 0) is 32.2 Å². The first kappa shape index (κ1) is 13.3. The van der Waals surface area contributed by atoms with E-state index in [0.717, 1.165) is 19.6 Å². The third kappa shape index (κ3) is 3.43. The Morgan fingerprint density at radius 1 is 1.44 bits per heavy atom. The molecule has 2 rings (SSSR count). The number of carbonyl (C=O) groups excluding carboxylic acids is 2. The number of rotatable bonds is 3. The molecule has 0 aromatic heterocycles. The number of ether oxygens (including phenoxy) is 1. The molecule has 18 heavy (non-hydrogen) atoms. The van der Waals surface area contributed by atoms with Crippen molar-refractivity contribution >= 4 is 12.0 Å². The lowest BCUT2D eigenvalue weighted by Gasteiger charge is -2.24. The predicted molar refractivity (Wildman–Crippen MR) is 66.1 cm³/mol. The van der Waals surface area contributed by atoms with Crippen LogP contribution in [0.25, 0.3) is 0 Å². The minimum atomic E-state index is -0.655. The predicted octanol–water partition coefficient (Wildman–Crippen LogP) is -0.0571. The summed E-state index contributed by atoms with van der Waals surface area (Å²) in [6, 6.07) is 0.508. The highest BCUT2D eigenvalue weighted by Crippen LogP contribution is 2.24. The van der Waals surface area contributed by atoms with E-state index >= 15 is 0 Å². The molecule has 0 unspecified atom stereocenters. The van der Waals surface area contributed by atoms with E-state index < -0.39 is 6.09 Å². The molecule has 2 fully saturated rings. The second-order valence-corrected chi connectivity index (χ2v) is 4.93. The molecule has 2 N–H and O–H groups in total. The van der Waals surface area contributed by atoms with Gasteiger partial charge in [-0.15, -0.1) is 0 Å². The Morgan fingerprint density at radius 3 is 3.00 bits per heavy atom. The molecule has 2 amide bonds. The van der Waals surface area contributed by atoms with Crippen LogP contribution in [0.15, 0.2) is 0 Å². The fourth-order valence-electron chi connectivity index (χ4n) is 2.79. The quantitative estimate of drug-likeness (QED) is 0.739. The summed E-state index contributed by atoms with van der Waals surface area (Å²) < 4.78 is 4.67. The Hall–Kier alpha value is -1.14. The highest BCUT2D eigenvalue weighted by Gasteiger charge is 2.34. The Bertz CT molecular complexity index is 308. The first-order chi connectivity index (χ1) is 8.69. The number of imide groups is 1. The standard InChI is InChI=1S/C12H21N3O3/c1-2-18-12(17)14-11(16)8-15-6-9-4-3-5-13-10(9)7-15/h9-10,13H,2-8H2,1H3,(H,14,16,17)/t9-,10+/m0/s1. The van der Waals surface area contributed by atoms with Gasteiger partial charge in [-0.3, -0.25) is 15.0 Å². The van der Waals surface area contributed by atoms with Crippen LogP contribution in [0.4, 0.5) is 4.79 Å². The van der Waals surface area contributed by atoms with Gasteiger partial charge in [0.05, 0.1) is 13.2 Å². The lowest BCUT2D eigenvalue weighted by molar-refractivity contribution is -0.121. The van der Waals surface area contributed by atoms with Crippen molar-refractivity contribution in [3.05, 3.63) is 0 Å². The fraction of sp³-hybridized carbons (Fsp3) is 0.833. The van der Waals surface area contributed by atoms with Crippen LogP contribution >= 0.6 is 0 Å². The summed E-state index contributed by atoms with van der Waals surface area (Å²) in [6.07, 6.45) is 1.79. The highest BCUT2D eigenvalue weighted by molar-refractivity contribution is 5.92. The van der Waals surface area contributed by atoms with Crippen LogP contribution in [0.5, 0.6) is 0 Å². The summed E-state index contributed by atoms with van der Waals surface area (Å²) in [5.41, 5.74) is 0. The second kappa shape index (κ2) is 6.15. The van der Waals surface area contributed by atoms with Crippen molar-refractivity contribution in [1.82, 2.24) is 15.5 Å². The number of alkyl carbamates (subject to hydrolysis) is 1. The lowest BCUT2D eigenvalue weighted by atomic mass is 9.94. The Balaban J connectivity index is 1.73. The van der Waals surface area contributed by atoms with Gasteiger partial charge in [0.1, 0.15) is 0 Å². The van der Waals surface area contributed by atoms with E-state index in [1.54, 1.807) is 6.92 Å². The number of piperidine rings is 1. The zero-order valence-corrected chi connectivity index (χ0v) is 10.8. The van der Waals surface area contributed by atoms with Crippen LogP contribution in [0.1, 0.15) is 19.8 Å². The van der Waals surface area contributed by atoms with E-state index in [4.69, 9.17) is 0 Å². The van der Waals surface area contributed by atoms with E-state index in [1.807, 2.05) is 0 Å². The van der Waals surface area contributed by atoms with Crippen molar-refractivity contribution < 1.29 is 14.3 Å². The number of likely N-dealkylation sites (tertiary alicyclic amines) is 1. The molecule has 2 aliphatic rings. The van der Waals surface area contributed by atoms with E-state index in [9.17, 15) is 9.59 Å². The molecule has 2 aliphatic heterocycles. The zero-order chi connectivity index (χ0) is 13.0. The van der Waals surface area contributed by atoms with Gasteiger partial charge in [0.2, 0.25) is 5.91 Å². The monoisotopic (exact) mass is 255 g/mol. The molecule has 0 saturated carbocycles. The minimum Gasteiger partial charge on any atom is -0.450 e. The van der Waals surface area contributed by atoms with Gasteiger partial charge in [-0.1, -0.05) is 0 Å². The summed E-state index contributed by atoms with van der Waals surface area (Å²) in [6.45, 7) is 5.16. The maximum absolute atomic E-state index is 11.6. The summed E-state index contributed by atoms with van der Waals surface area (Å²) in [5.74, 6) is 0.362. The number of fused-ring (bicyclic) bond motifs is 1. The molecule has 6 nitrogen and oxygen atoms in total. The van der Waals surface area contributed by atoms with E-state index in [2.05, 4.69) is 20.3 Å². The van der Waals surface area contributed by atoms with Gasteiger partial charge in [0.15, 0.2) is 0 Å². The van der Waals surface area contributed by atoms with Crippen LogP contribution in [0.3, 0.4) is 0 Å². The summed E-state index contributed by atoms with van der Waals surface area (Å²) in [4.78, 5) is 24.8. The maximum Gasteiger partial charge on any atom is 0.413 e. The van der Waals surface area contributed by atoms with Crippen LogP contribution in [-0.2, 0) is 9.53 Å². The van der Waals surface area contributed by atoms with E-state index in [-0.39, 0.29) is 19.1 Å². The number of hydrogen-bond acceptors (Lipinski definition) is 5. The SMILES string of the molecule is CCOC(=O)NC(=O)CN1C[C@@H]2CCCN[C@@H]2C1. The van der Waals surface area contributed by atoms with Crippen molar-refractivity contribution in [3.63, 3.8) is 0 Å². The van der Waals surface area contributed by atoms with Crippen LogP contribution < -0.4 is 10.6 Å². The maximum atomic E-state index is 11.6. The smallest absolute Gasteiger partial charge is 0.413 e. The third-order valence-electron chi connectivity index (χ3n) is 3.56. The van der Waals surface area contributed by atoms with E-state index in [1.165, 1.54) is 12.8 Å². The Labute approximate surface area is 107 Å². The van der Waals surface area contributed by atoms with Crippen molar-refractivity contribution in [3.8, 4) is 0 Å². The van der Waals surface area contributed by atoms with Gasteiger partial charge in [0.25, 0.3) is 0 Å². The first-order valence-electron chi connectivity index (χ1n) is 6.61. The summed E-state index contributed by atoms with van der Waals surface area (Å²) >= 11 is 0. The van der Waals surface area contributed by atoms with Gasteiger partial charge in [-0.2, -0.15) is 0 Å². The van der Waals surface area contributed by atoms with Gasteiger partial charge in [0, 0.05) is 19.1 Å². The van der Waals surface area contributed by atoms with Crippen LogP contribution in [0.2, 0.25) is 0 Å². The molecule has 0 aliphatic carbocycles. The molecular weight excluding hydrogens is 234 g/mol. The molecule has 2 heterocycles. The average Bonchev–Trinajstić information content (AvgIpc) is 2.70. The third-order valence-corrected chi connectivity index (χ3v) is 3.56. The highest BCUT2D eigenvalue weighted by atomic mass is 16.5. The molecule has 102 valence electrons. The first-order valence-corrected chi connectivity index (χ1v) is 6.61. The van der Waals surface area contributed by atoms with E-state index in [0.29, 0.717) is 12.0 Å².